The highest BCUT2D eigenvalue weighted by Crippen LogP contribution is 2.66. The molecule has 7 rings (SSSR count). The average molecular weight is 478 g/mol. The van der Waals surface area contributed by atoms with Gasteiger partial charge in [0.25, 0.3) is 0 Å². The van der Waals surface area contributed by atoms with Gasteiger partial charge in [0.1, 0.15) is 23.0 Å². The first kappa shape index (κ1) is 20.7. The van der Waals surface area contributed by atoms with Crippen molar-refractivity contribution in [2.24, 2.45) is 5.92 Å². The summed E-state index contributed by atoms with van der Waals surface area (Å²) in [7, 11) is 0. The van der Waals surface area contributed by atoms with E-state index < -0.39 is 11.3 Å². The van der Waals surface area contributed by atoms with Crippen LogP contribution < -0.4 is 0 Å². The van der Waals surface area contributed by atoms with E-state index in [9.17, 15) is 34.8 Å². The second-order valence-corrected chi connectivity index (χ2v) is 9.72. The lowest BCUT2D eigenvalue weighted by molar-refractivity contribution is 0.0883. The molecule has 0 aromatic heterocycles. The molecule has 4 N–H and O–H groups in total. The van der Waals surface area contributed by atoms with Gasteiger partial charge in [-0.1, -0.05) is 24.3 Å². The summed E-state index contributed by atoms with van der Waals surface area (Å²) in [6.07, 6.45) is 2.82. The molecule has 0 bridgehead atoms. The molecular weight excluding hydrogens is 460 g/mol. The molecule has 7 nitrogen and oxygen atoms in total. The van der Waals surface area contributed by atoms with E-state index in [-0.39, 0.29) is 69.9 Å². The summed E-state index contributed by atoms with van der Waals surface area (Å²) >= 11 is 0. The van der Waals surface area contributed by atoms with Crippen LogP contribution >= 0.6 is 0 Å². The van der Waals surface area contributed by atoms with Crippen LogP contribution in [0.5, 0.6) is 23.0 Å². The zero-order valence-electron chi connectivity index (χ0n) is 18.7. The molecule has 0 fully saturated rings. The van der Waals surface area contributed by atoms with Crippen LogP contribution in [0.4, 0.5) is 0 Å². The van der Waals surface area contributed by atoms with Crippen LogP contribution in [0, 0.1) is 5.92 Å². The molecule has 1 spiro atoms. The number of hydrogen-bond acceptors (Lipinski definition) is 7. The Hall–Kier alpha value is -4.65. The van der Waals surface area contributed by atoms with E-state index >= 15 is 0 Å². The van der Waals surface area contributed by atoms with Gasteiger partial charge in [0.2, 0.25) is 0 Å². The summed E-state index contributed by atoms with van der Waals surface area (Å²) in [5, 5.41) is 42.7. The Morgan fingerprint density at radius 3 is 2.17 bits per heavy atom. The number of aromatic hydroxyl groups is 4. The number of allylic oxidation sites excluding steroid dienone is 4. The number of rotatable bonds is 0. The molecule has 1 unspecified atom stereocenters. The van der Waals surface area contributed by atoms with Crippen molar-refractivity contribution >= 4 is 28.5 Å². The number of hydrogen-bond donors (Lipinski definition) is 4. The van der Waals surface area contributed by atoms with Gasteiger partial charge in [0, 0.05) is 24.5 Å². The van der Waals surface area contributed by atoms with Crippen LogP contribution in [0.25, 0.3) is 11.1 Å². The molecule has 3 aromatic rings. The van der Waals surface area contributed by atoms with Crippen LogP contribution in [-0.4, -0.2) is 37.8 Å². The maximum Gasteiger partial charge on any atom is 0.190 e. The predicted octanol–water partition coefficient (Wildman–Crippen LogP) is 4.26. The van der Waals surface area contributed by atoms with E-state index in [4.69, 9.17) is 0 Å². The fourth-order valence-corrected chi connectivity index (χ4v) is 6.91. The first-order valence-electron chi connectivity index (χ1n) is 11.5. The first-order valence-corrected chi connectivity index (χ1v) is 11.5. The molecule has 36 heavy (non-hydrogen) atoms. The number of fused-ring (bicyclic) bond motifs is 3. The van der Waals surface area contributed by atoms with E-state index in [1.54, 1.807) is 24.3 Å². The van der Waals surface area contributed by atoms with Crippen LogP contribution in [0.15, 0.2) is 54.6 Å². The topological polar surface area (TPSA) is 132 Å². The fraction of sp³-hybridized carbons (Fsp3) is 0.138. The van der Waals surface area contributed by atoms with Crippen LogP contribution in [0.2, 0.25) is 0 Å². The predicted molar refractivity (Wildman–Crippen MR) is 128 cm³/mol. The standard InChI is InChI=1S/C29H18O7/c30-13-10-15-25(23(36)11-13)21(34)8-12-9-22(35)26-16(2-1-3-18(26)31)29(12)17-5-7-20(33)27-19(32)6-4-14(24(17)27)28(15)29/h1-7,10-12,30-31,33,36H,8-9H2/t12-,29?/m0/s1. The highest BCUT2D eigenvalue weighted by molar-refractivity contribution is 6.24. The minimum Gasteiger partial charge on any atom is -0.508 e. The Morgan fingerprint density at radius 2 is 1.39 bits per heavy atom. The summed E-state index contributed by atoms with van der Waals surface area (Å²) in [5.74, 6) is -2.67. The number of benzene rings is 3. The average Bonchev–Trinajstić information content (AvgIpc) is 3.05. The number of phenolic OH excluding ortho intramolecular Hbond substituents is 4. The van der Waals surface area contributed by atoms with Gasteiger partial charge in [-0.25, -0.2) is 0 Å². The molecule has 0 saturated carbocycles. The number of carbonyl (C=O) groups excluding carboxylic acids is 3. The summed E-state index contributed by atoms with van der Waals surface area (Å²) in [4.78, 5) is 39.8. The van der Waals surface area contributed by atoms with Gasteiger partial charge < -0.3 is 20.4 Å². The smallest absolute Gasteiger partial charge is 0.190 e. The number of phenols is 4. The maximum atomic E-state index is 13.6. The molecule has 4 aliphatic rings. The zero-order chi connectivity index (χ0) is 25.1. The molecule has 0 radical (unpaired) electrons. The maximum absolute atomic E-state index is 13.6. The Labute approximate surface area is 204 Å². The highest BCUT2D eigenvalue weighted by Gasteiger charge is 2.59. The molecule has 176 valence electrons. The Morgan fingerprint density at radius 1 is 0.694 bits per heavy atom. The van der Waals surface area contributed by atoms with Crippen LogP contribution in [0.1, 0.15) is 66.2 Å². The molecule has 4 aliphatic carbocycles. The summed E-state index contributed by atoms with van der Waals surface area (Å²) in [6, 6.07) is 10.4. The van der Waals surface area contributed by atoms with Crippen LogP contribution in [0.3, 0.4) is 0 Å². The van der Waals surface area contributed by atoms with Gasteiger partial charge in [-0.05, 0) is 58.0 Å². The fourth-order valence-electron chi connectivity index (χ4n) is 6.91. The van der Waals surface area contributed by atoms with E-state index in [1.807, 2.05) is 0 Å². The van der Waals surface area contributed by atoms with Gasteiger partial charge in [-0.15, -0.1) is 0 Å². The highest BCUT2D eigenvalue weighted by atomic mass is 16.3. The largest absolute Gasteiger partial charge is 0.508 e. The monoisotopic (exact) mass is 478 g/mol. The molecule has 2 atom stereocenters. The number of Topliss-reactive ketones (excluding diaryl/α,β-unsaturated/α-hetero) is 2. The SMILES string of the molecule is O=C1C[C@H]2CC(=O)c3c(O)cccc3C23C(=C2C=CC(=O)c4c(O)ccc3c42)c2cc(O)cc(O)c21. The lowest BCUT2D eigenvalue weighted by Crippen LogP contribution is -2.42. The molecule has 0 saturated heterocycles. The Balaban J connectivity index is 1.76. The first-order chi connectivity index (χ1) is 17.2. The van der Waals surface area contributed by atoms with Crippen molar-refractivity contribution in [3.63, 3.8) is 0 Å². The molecule has 0 heterocycles. The summed E-state index contributed by atoms with van der Waals surface area (Å²) in [5.41, 5.74) is 2.14. The summed E-state index contributed by atoms with van der Waals surface area (Å²) < 4.78 is 0. The zero-order valence-corrected chi connectivity index (χ0v) is 18.7. The van der Waals surface area contributed by atoms with Gasteiger partial charge in [-0.2, -0.15) is 0 Å². The Kier molecular flexibility index (Phi) is 3.75. The van der Waals surface area contributed by atoms with Crippen LogP contribution in [-0.2, 0) is 5.41 Å². The minimum absolute atomic E-state index is 0.0297. The van der Waals surface area contributed by atoms with E-state index in [0.717, 1.165) is 6.07 Å². The van der Waals surface area contributed by atoms with Crippen molar-refractivity contribution in [1.82, 2.24) is 0 Å². The van der Waals surface area contributed by atoms with Gasteiger partial charge in [0.05, 0.1) is 22.1 Å². The quantitative estimate of drug-likeness (QED) is 0.380. The van der Waals surface area contributed by atoms with Crippen molar-refractivity contribution in [2.45, 2.75) is 18.3 Å². The lowest BCUT2D eigenvalue weighted by Gasteiger charge is -2.44. The molecular formula is C29H18O7. The van der Waals surface area contributed by atoms with E-state index in [1.165, 1.54) is 24.3 Å². The van der Waals surface area contributed by atoms with Crippen molar-refractivity contribution < 1.29 is 34.8 Å². The van der Waals surface area contributed by atoms with Crippen molar-refractivity contribution in [3.05, 3.63) is 93.6 Å². The number of ketones is 3. The van der Waals surface area contributed by atoms with E-state index in [2.05, 4.69) is 0 Å². The third kappa shape index (κ3) is 2.21. The van der Waals surface area contributed by atoms with Crippen molar-refractivity contribution in [2.75, 3.05) is 0 Å². The second-order valence-electron chi connectivity index (χ2n) is 9.72. The van der Waals surface area contributed by atoms with Crippen molar-refractivity contribution in [1.29, 1.82) is 0 Å². The van der Waals surface area contributed by atoms with Gasteiger partial charge >= 0.3 is 0 Å². The molecule has 7 heteroatoms. The van der Waals surface area contributed by atoms with Crippen molar-refractivity contribution in [3.8, 4) is 23.0 Å². The lowest BCUT2D eigenvalue weighted by atomic mass is 9.56. The summed E-state index contributed by atoms with van der Waals surface area (Å²) in [6.45, 7) is 0. The molecule has 0 amide bonds. The third-order valence-electron chi connectivity index (χ3n) is 8.06. The second kappa shape index (κ2) is 6.51. The molecule has 0 aliphatic heterocycles. The van der Waals surface area contributed by atoms with Gasteiger partial charge in [0.15, 0.2) is 17.3 Å². The van der Waals surface area contributed by atoms with E-state index in [0.29, 0.717) is 33.4 Å². The Bertz CT molecular complexity index is 1690. The minimum atomic E-state index is -1.16. The third-order valence-corrected chi connectivity index (χ3v) is 8.06. The normalized spacial score (nSPS) is 23.0. The van der Waals surface area contributed by atoms with Gasteiger partial charge in [-0.3, -0.25) is 14.4 Å². The number of carbonyl (C=O) groups is 3. The molecule has 3 aromatic carbocycles.